The van der Waals surface area contributed by atoms with Crippen LogP contribution in [0.15, 0.2) is 267 Å². The van der Waals surface area contributed by atoms with Gasteiger partial charge in [-0.25, -0.2) is 0 Å². The molecule has 0 aliphatic rings. The Morgan fingerprint density at radius 1 is 0.191 bits per heavy atom. The summed E-state index contributed by atoms with van der Waals surface area (Å²) in [4.78, 5) is 0. The molecule has 2 nitrogen and oxygen atoms in total. The molecule has 13 aromatic rings. The number of para-hydroxylation sites is 4. The average Bonchev–Trinajstić information content (AvgIpc) is 3.93. The summed E-state index contributed by atoms with van der Waals surface area (Å²) in [5.41, 5.74) is 21.6. The van der Waals surface area contributed by atoms with Crippen molar-refractivity contribution in [2.75, 3.05) is 0 Å². The quantitative estimate of drug-likeness (QED) is 0.144. The second-order valence-corrected chi connectivity index (χ2v) is 17.7. The summed E-state index contributed by atoms with van der Waals surface area (Å²) in [5, 5.41) is 4.98. The summed E-state index contributed by atoms with van der Waals surface area (Å²) < 4.78 is 4.83. The molecule has 0 fully saturated rings. The van der Waals surface area contributed by atoms with Gasteiger partial charge in [0.1, 0.15) is 0 Å². The molecule has 2 heterocycles. The number of rotatable bonds is 8. The van der Waals surface area contributed by atoms with E-state index in [2.05, 4.69) is 276 Å². The molecule has 0 unspecified atom stereocenters. The summed E-state index contributed by atoms with van der Waals surface area (Å²) in [6.45, 7) is 0. The lowest BCUT2D eigenvalue weighted by atomic mass is 9.92. The van der Waals surface area contributed by atoms with Gasteiger partial charge < -0.3 is 9.13 Å². The van der Waals surface area contributed by atoms with Crippen LogP contribution in [0.2, 0.25) is 0 Å². The zero-order chi connectivity index (χ0) is 45.0. The predicted octanol–water partition coefficient (Wildman–Crippen LogP) is 17.9. The van der Waals surface area contributed by atoms with Crippen molar-refractivity contribution in [2.45, 2.75) is 0 Å². The van der Waals surface area contributed by atoms with Crippen LogP contribution in [-0.4, -0.2) is 9.13 Å². The molecular formula is C66H44N2. The molecule has 0 radical (unpaired) electrons. The zero-order valence-corrected chi connectivity index (χ0v) is 37.3. The monoisotopic (exact) mass is 864 g/mol. The van der Waals surface area contributed by atoms with Crippen molar-refractivity contribution >= 4 is 43.6 Å². The third-order valence-corrected chi connectivity index (χ3v) is 13.7. The van der Waals surface area contributed by atoms with Gasteiger partial charge in [-0.2, -0.15) is 0 Å². The predicted molar refractivity (Wildman–Crippen MR) is 288 cm³/mol. The summed E-state index contributed by atoms with van der Waals surface area (Å²) in [7, 11) is 0. The normalized spacial score (nSPS) is 11.5. The Bertz CT molecular complexity index is 4000. The van der Waals surface area contributed by atoms with Crippen molar-refractivity contribution in [3.8, 4) is 78.1 Å². The molecule has 11 aromatic carbocycles. The Hall–Kier alpha value is -8.98. The first-order valence-electron chi connectivity index (χ1n) is 23.4. The second-order valence-electron chi connectivity index (χ2n) is 17.7. The fourth-order valence-electron chi connectivity index (χ4n) is 10.5. The van der Waals surface area contributed by atoms with E-state index in [-0.39, 0.29) is 0 Å². The molecule has 2 heteroatoms. The molecule has 0 saturated heterocycles. The fourth-order valence-corrected chi connectivity index (χ4v) is 10.5. The number of hydrogen-bond acceptors (Lipinski definition) is 0. The SMILES string of the molecule is c1ccc(-c2ccccc2-c2cccc(-c3cccc(-c4ccc(-c5ccccc5-n5c6ccccc6c6cc(-c7ccc8c(c7)c7ccccc7n8-c7ccccc7)ccc65)cc4)c3)c2)cc1. The standard InChI is InChI=1S/C66H44N2/c1-3-17-46(18-4-1)55-25-7-8-26-56(55)53-22-16-21-50(42-53)49-20-15-19-48(41-49)45-33-35-47(36-34-45)57-27-9-12-30-62(57)68-64-32-14-11-29-59(64)61-44-52(38-40-66(61)68)51-37-39-65-60(43-51)58-28-10-13-31-63(58)67(65)54-23-5-2-6-24-54/h1-44H. The van der Waals surface area contributed by atoms with Gasteiger partial charge in [0, 0.05) is 32.8 Å². The van der Waals surface area contributed by atoms with E-state index < -0.39 is 0 Å². The highest BCUT2D eigenvalue weighted by Crippen LogP contribution is 2.41. The Morgan fingerprint density at radius 3 is 1.22 bits per heavy atom. The number of aromatic nitrogens is 2. The lowest BCUT2D eigenvalue weighted by Crippen LogP contribution is -1.97. The van der Waals surface area contributed by atoms with Gasteiger partial charge in [0.05, 0.1) is 27.8 Å². The van der Waals surface area contributed by atoms with Crippen molar-refractivity contribution in [1.29, 1.82) is 0 Å². The molecule has 0 amide bonds. The minimum Gasteiger partial charge on any atom is -0.309 e. The topological polar surface area (TPSA) is 9.86 Å². The van der Waals surface area contributed by atoms with E-state index in [0.717, 1.165) is 5.69 Å². The molecular weight excluding hydrogens is 821 g/mol. The van der Waals surface area contributed by atoms with Crippen molar-refractivity contribution in [3.63, 3.8) is 0 Å². The molecule has 0 spiro atoms. The maximum Gasteiger partial charge on any atom is 0.0541 e. The first kappa shape index (κ1) is 39.4. The highest BCUT2D eigenvalue weighted by Gasteiger charge is 2.18. The van der Waals surface area contributed by atoms with Crippen LogP contribution in [0.5, 0.6) is 0 Å². The summed E-state index contributed by atoms with van der Waals surface area (Å²) in [6.07, 6.45) is 0. The molecule has 318 valence electrons. The number of nitrogens with zero attached hydrogens (tertiary/aromatic N) is 2. The fraction of sp³-hybridized carbons (Fsp3) is 0. The summed E-state index contributed by atoms with van der Waals surface area (Å²) in [6, 6.07) is 97.3. The van der Waals surface area contributed by atoms with Gasteiger partial charge in [0.2, 0.25) is 0 Å². The first-order valence-corrected chi connectivity index (χ1v) is 23.4. The van der Waals surface area contributed by atoms with Gasteiger partial charge in [0.15, 0.2) is 0 Å². The largest absolute Gasteiger partial charge is 0.309 e. The van der Waals surface area contributed by atoms with E-state index in [4.69, 9.17) is 0 Å². The van der Waals surface area contributed by atoms with Crippen LogP contribution in [0, 0.1) is 0 Å². The molecule has 68 heavy (non-hydrogen) atoms. The van der Waals surface area contributed by atoms with Crippen molar-refractivity contribution in [2.24, 2.45) is 0 Å². The van der Waals surface area contributed by atoms with Gasteiger partial charge in [-0.05, 0) is 128 Å². The molecule has 0 saturated carbocycles. The van der Waals surface area contributed by atoms with Crippen LogP contribution in [0.3, 0.4) is 0 Å². The lowest BCUT2D eigenvalue weighted by Gasteiger charge is -2.15. The number of benzene rings is 11. The van der Waals surface area contributed by atoms with Crippen LogP contribution < -0.4 is 0 Å². The molecule has 0 bridgehead atoms. The summed E-state index contributed by atoms with van der Waals surface area (Å²) in [5.74, 6) is 0. The van der Waals surface area contributed by atoms with Crippen molar-refractivity contribution in [3.05, 3.63) is 267 Å². The third kappa shape index (κ3) is 6.73. The second kappa shape index (κ2) is 16.5. The first-order chi connectivity index (χ1) is 33.7. The number of hydrogen-bond donors (Lipinski definition) is 0. The van der Waals surface area contributed by atoms with Crippen LogP contribution in [0.25, 0.3) is 122 Å². The Balaban J connectivity index is 0.843. The van der Waals surface area contributed by atoms with E-state index in [1.807, 2.05) is 0 Å². The third-order valence-electron chi connectivity index (χ3n) is 13.7. The van der Waals surface area contributed by atoms with E-state index in [1.165, 1.54) is 116 Å². The van der Waals surface area contributed by atoms with Crippen molar-refractivity contribution in [1.82, 2.24) is 9.13 Å². The minimum absolute atomic E-state index is 1.16. The zero-order valence-electron chi connectivity index (χ0n) is 37.3. The lowest BCUT2D eigenvalue weighted by molar-refractivity contribution is 1.18. The minimum atomic E-state index is 1.16. The maximum atomic E-state index is 2.45. The van der Waals surface area contributed by atoms with Crippen molar-refractivity contribution < 1.29 is 0 Å². The Kier molecular flexibility index (Phi) is 9.54. The molecule has 2 aromatic heterocycles. The van der Waals surface area contributed by atoms with Gasteiger partial charge in [-0.15, -0.1) is 0 Å². The van der Waals surface area contributed by atoms with E-state index >= 15 is 0 Å². The molecule has 13 rings (SSSR count). The van der Waals surface area contributed by atoms with Gasteiger partial charge >= 0.3 is 0 Å². The van der Waals surface area contributed by atoms with Gasteiger partial charge in [-0.3, -0.25) is 0 Å². The Labute approximate surface area is 395 Å². The molecule has 0 aliphatic carbocycles. The smallest absolute Gasteiger partial charge is 0.0541 e. The van der Waals surface area contributed by atoms with Crippen LogP contribution in [-0.2, 0) is 0 Å². The van der Waals surface area contributed by atoms with Gasteiger partial charge in [-0.1, -0.05) is 200 Å². The summed E-state index contributed by atoms with van der Waals surface area (Å²) >= 11 is 0. The molecule has 0 atom stereocenters. The van der Waals surface area contributed by atoms with Crippen LogP contribution >= 0.6 is 0 Å². The molecule has 0 aliphatic heterocycles. The highest BCUT2D eigenvalue weighted by atomic mass is 15.0. The van der Waals surface area contributed by atoms with Crippen LogP contribution in [0.1, 0.15) is 0 Å². The van der Waals surface area contributed by atoms with Crippen LogP contribution in [0.4, 0.5) is 0 Å². The maximum absolute atomic E-state index is 2.45. The molecule has 0 N–H and O–H groups in total. The van der Waals surface area contributed by atoms with E-state index in [9.17, 15) is 0 Å². The highest BCUT2D eigenvalue weighted by molar-refractivity contribution is 6.13. The van der Waals surface area contributed by atoms with E-state index in [0.29, 0.717) is 0 Å². The average molecular weight is 865 g/mol. The van der Waals surface area contributed by atoms with Gasteiger partial charge in [0.25, 0.3) is 0 Å². The van der Waals surface area contributed by atoms with E-state index in [1.54, 1.807) is 0 Å². The number of fused-ring (bicyclic) bond motifs is 6. The Morgan fingerprint density at radius 2 is 0.574 bits per heavy atom.